The lowest BCUT2D eigenvalue weighted by Crippen LogP contribution is -2.41. The molecule has 7 heteroatoms. The molecule has 0 radical (unpaired) electrons. The van der Waals surface area contributed by atoms with E-state index in [1.807, 2.05) is 0 Å². The molecule has 1 aromatic heterocycles. The minimum Gasteiger partial charge on any atom is -0.339 e. The van der Waals surface area contributed by atoms with Gasteiger partial charge in [-0.25, -0.2) is 9.37 Å². The van der Waals surface area contributed by atoms with Gasteiger partial charge < -0.3 is 10.2 Å². The molecular weight excluding hydrogens is 389 g/mol. The number of benzene rings is 1. The SMILES string of the molecule is CCC1CCc2nc(NC(=O)C3CCN(C(=O)c4ccc(F)cc4)CC3)sc2C1. The highest BCUT2D eigenvalue weighted by Gasteiger charge is 2.29. The molecule has 0 saturated carbocycles. The second-order valence-electron chi connectivity index (χ2n) is 7.97. The summed E-state index contributed by atoms with van der Waals surface area (Å²) in [6, 6.07) is 5.60. The third-order valence-corrected chi connectivity index (χ3v) is 7.13. The molecule has 2 aromatic rings. The van der Waals surface area contributed by atoms with Crippen LogP contribution in [0.5, 0.6) is 0 Å². The molecule has 5 nitrogen and oxygen atoms in total. The molecule has 2 aliphatic rings. The van der Waals surface area contributed by atoms with Crippen molar-refractivity contribution in [2.45, 2.75) is 45.4 Å². The molecule has 1 unspecified atom stereocenters. The number of aryl methyl sites for hydroxylation is 1. The number of nitrogens with one attached hydrogen (secondary N) is 1. The Morgan fingerprint density at radius 3 is 2.62 bits per heavy atom. The molecule has 154 valence electrons. The zero-order valence-corrected chi connectivity index (χ0v) is 17.4. The fraction of sp³-hybridized carbons (Fsp3) is 0.500. The van der Waals surface area contributed by atoms with E-state index in [9.17, 15) is 14.0 Å². The number of amides is 2. The summed E-state index contributed by atoms with van der Waals surface area (Å²) in [6.07, 6.45) is 5.70. The Bertz CT molecular complexity index is 888. The normalized spacial score (nSPS) is 19.7. The molecule has 1 aliphatic carbocycles. The van der Waals surface area contributed by atoms with Crippen LogP contribution in [0.2, 0.25) is 0 Å². The molecule has 0 spiro atoms. The van der Waals surface area contributed by atoms with Crippen LogP contribution < -0.4 is 5.32 Å². The van der Waals surface area contributed by atoms with Crippen LogP contribution in [0, 0.1) is 17.7 Å². The lowest BCUT2D eigenvalue weighted by atomic mass is 9.89. The van der Waals surface area contributed by atoms with E-state index >= 15 is 0 Å². The molecule has 2 heterocycles. The first-order valence-electron chi connectivity index (χ1n) is 10.4. The Labute approximate surface area is 174 Å². The zero-order chi connectivity index (χ0) is 20.4. The van der Waals surface area contributed by atoms with Gasteiger partial charge in [0.1, 0.15) is 5.82 Å². The maximum Gasteiger partial charge on any atom is 0.253 e. The monoisotopic (exact) mass is 415 g/mol. The summed E-state index contributed by atoms with van der Waals surface area (Å²) in [5, 5.41) is 3.72. The van der Waals surface area contributed by atoms with Crippen molar-refractivity contribution in [2.24, 2.45) is 11.8 Å². The molecule has 1 atom stereocenters. The minimum atomic E-state index is -0.356. The summed E-state index contributed by atoms with van der Waals surface area (Å²) >= 11 is 1.61. The van der Waals surface area contributed by atoms with Crippen LogP contribution in [0.4, 0.5) is 9.52 Å². The Hall–Kier alpha value is -2.28. The van der Waals surface area contributed by atoms with E-state index in [1.54, 1.807) is 16.2 Å². The highest BCUT2D eigenvalue weighted by Crippen LogP contribution is 2.34. The van der Waals surface area contributed by atoms with Gasteiger partial charge in [0.15, 0.2) is 5.13 Å². The second kappa shape index (κ2) is 8.61. The van der Waals surface area contributed by atoms with Crippen molar-refractivity contribution in [3.63, 3.8) is 0 Å². The fourth-order valence-corrected chi connectivity index (χ4v) is 5.30. The number of carbonyl (C=O) groups excluding carboxylic acids is 2. The molecule has 29 heavy (non-hydrogen) atoms. The van der Waals surface area contributed by atoms with Gasteiger partial charge >= 0.3 is 0 Å². The minimum absolute atomic E-state index is 0.00276. The Morgan fingerprint density at radius 2 is 1.93 bits per heavy atom. The summed E-state index contributed by atoms with van der Waals surface area (Å²) in [4.78, 5) is 32.9. The first-order valence-corrected chi connectivity index (χ1v) is 11.2. The van der Waals surface area contributed by atoms with Crippen molar-refractivity contribution in [2.75, 3.05) is 18.4 Å². The number of rotatable bonds is 4. The Balaban J connectivity index is 1.31. The van der Waals surface area contributed by atoms with E-state index in [0.29, 0.717) is 36.6 Å². The first kappa shape index (κ1) is 20.0. The quantitative estimate of drug-likeness (QED) is 0.810. The van der Waals surface area contributed by atoms with Crippen LogP contribution in [0.1, 0.15) is 53.5 Å². The standard InChI is InChI=1S/C22H26FN3O2S/c1-2-14-3-8-18-19(13-14)29-22(24-18)25-20(27)15-9-11-26(12-10-15)21(28)16-4-6-17(23)7-5-16/h4-7,14-15H,2-3,8-13H2,1H3,(H,24,25,27). The highest BCUT2D eigenvalue weighted by molar-refractivity contribution is 7.15. The zero-order valence-electron chi connectivity index (χ0n) is 16.6. The number of piperidine rings is 1. The van der Waals surface area contributed by atoms with E-state index in [1.165, 1.54) is 42.0 Å². The number of likely N-dealkylation sites (tertiary alicyclic amines) is 1. The first-order chi connectivity index (χ1) is 14.0. The number of aromatic nitrogens is 1. The van der Waals surface area contributed by atoms with Crippen LogP contribution in [0.15, 0.2) is 24.3 Å². The van der Waals surface area contributed by atoms with Crippen molar-refractivity contribution in [1.29, 1.82) is 0 Å². The number of hydrogen-bond acceptors (Lipinski definition) is 4. The number of carbonyl (C=O) groups is 2. The lowest BCUT2D eigenvalue weighted by molar-refractivity contribution is -0.121. The number of anilines is 1. The maximum atomic E-state index is 13.1. The molecule has 1 N–H and O–H groups in total. The molecule has 2 amide bonds. The largest absolute Gasteiger partial charge is 0.339 e. The highest BCUT2D eigenvalue weighted by atomic mass is 32.1. The van der Waals surface area contributed by atoms with Gasteiger partial charge in [-0.1, -0.05) is 13.3 Å². The number of nitrogens with zero attached hydrogens (tertiary/aromatic N) is 2. The van der Waals surface area contributed by atoms with Crippen molar-refractivity contribution < 1.29 is 14.0 Å². The summed E-state index contributed by atoms with van der Waals surface area (Å²) in [7, 11) is 0. The molecule has 1 saturated heterocycles. The van der Waals surface area contributed by atoms with Crippen LogP contribution in [-0.4, -0.2) is 34.8 Å². The van der Waals surface area contributed by atoms with Crippen LogP contribution in [0.3, 0.4) is 0 Å². The lowest BCUT2D eigenvalue weighted by Gasteiger charge is -2.31. The molecule has 0 bridgehead atoms. The third kappa shape index (κ3) is 4.50. The van der Waals surface area contributed by atoms with Crippen LogP contribution >= 0.6 is 11.3 Å². The van der Waals surface area contributed by atoms with Crippen molar-refractivity contribution in [3.8, 4) is 0 Å². The average Bonchev–Trinajstić information content (AvgIpc) is 3.15. The van der Waals surface area contributed by atoms with Gasteiger partial charge in [0.05, 0.1) is 5.69 Å². The second-order valence-corrected chi connectivity index (χ2v) is 9.05. The Kier molecular flexibility index (Phi) is 5.94. The maximum absolute atomic E-state index is 13.1. The van der Waals surface area contributed by atoms with Gasteiger partial charge in [0.25, 0.3) is 5.91 Å². The number of fused-ring (bicyclic) bond motifs is 1. The molecule has 1 fully saturated rings. The van der Waals surface area contributed by atoms with E-state index in [0.717, 1.165) is 24.5 Å². The van der Waals surface area contributed by atoms with Gasteiger partial charge in [0, 0.05) is 29.4 Å². The van der Waals surface area contributed by atoms with Crippen LogP contribution in [0.25, 0.3) is 0 Å². The van der Waals surface area contributed by atoms with Gasteiger partial charge in [-0.2, -0.15) is 0 Å². The average molecular weight is 416 g/mol. The van der Waals surface area contributed by atoms with E-state index < -0.39 is 0 Å². The number of halogens is 1. The summed E-state index contributed by atoms with van der Waals surface area (Å²) in [5.41, 5.74) is 1.63. The molecular formula is C22H26FN3O2S. The third-order valence-electron chi connectivity index (χ3n) is 6.09. The van der Waals surface area contributed by atoms with Crippen molar-refractivity contribution in [3.05, 3.63) is 46.2 Å². The van der Waals surface area contributed by atoms with Gasteiger partial charge in [0.2, 0.25) is 5.91 Å². The van der Waals surface area contributed by atoms with E-state index in [2.05, 4.69) is 17.2 Å². The number of hydrogen-bond donors (Lipinski definition) is 1. The molecule has 1 aliphatic heterocycles. The van der Waals surface area contributed by atoms with Gasteiger partial charge in [-0.3, -0.25) is 9.59 Å². The predicted molar refractivity (Wildman–Crippen MR) is 112 cm³/mol. The summed E-state index contributed by atoms with van der Waals surface area (Å²) in [6.45, 7) is 3.29. The van der Waals surface area contributed by atoms with E-state index in [4.69, 9.17) is 0 Å². The summed E-state index contributed by atoms with van der Waals surface area (Å²) < 4.78 is 13.1. The van der Waals surface area contributed by atoms with E-state index in [-0.39, 0.29) is 23.5 Å². The van der Waals surface area contributed by atoms with Crippen LogP contribution in [-0.2, 0) is 17.6 Å². The molecule has 4 rings (SSSR count). The van der Waals surface area contributed by atoms with Gasteiger partial charge in [-0.05, 0) is 62.3 Å². The fourth-order valence-electron chi connectivity index (χ4n) is 4.17. The number of thiazole rings is 1. The predicted octanol–water partition coefficient (Wildman–Crippen LogP) is 4.29. The smallest absolute Gasteiger partial charge is 0.253 e. The van der Waals surface area contributed by atoms with Crippen molar-refractivity contribution in [1.82, 2.24) is 9.88 Å². The Morgan fingerprint density at radius 1 is 1.21 bits per heavy atom. The van der Waals surface area contributed by atoms with Gasteiger partial charge in [-0.15, -0.1) is 11.3 Å². The van der Waals surface area contributed by atoms with Crippen molar-refractivity contribution >= 4 is 28.3 Å². The molecule has 1 aromatic carbocycles. The topological polar surface area (TPSA) is 62.3 Å². The summed E-state index contributed by atoms with van der Waals surface area (Å²) in [5.74, 6) is 0.149.